The minimum Gasteiger partial charge on any atom is -0.454 e. The van der Waals surface area contributed by atoms with E-state index in [0.29, 0.717) is 12.2 Å². The van der Waals surface area contributed by atoms with E-state index in [9.17, 15) is 14.4 Å². The maximum Gasteiger partial charge on any atom is 0.349 e. The minimum atomic E-state index is -0.885. The number of carbonyl (C=O) groups is 1. The van der Waals surface area contributed by atoms with E-state index in [2.05, 4.69) is 5.10 Å². The molecular formula is C26H24Cl2N4O4. The number of aromatic nitrogens is 3. The number of hydrogen-bond acceptors (Lipinski definition) is 6. The molecule has 1 aliphatic rings. The van der Waals surface area contributed by atoms with Crippen LogP contribution in [0.2, 0.25) is 10.0 Å². The average molecular weight is 527 g/mol. The van der Waals surface area contributed by atoms with E-state index in [1.54, 1.807) is 6.07 Å². The fraction of sp³-hybridized carbons (Fsp3) is 0.346. The zero-order valence-corrected chi connectivity index (χ0v) is 21.6. The summed E-state index contributed by atoms with van der Waals surface area (Å²) in [4.78, 5) is 39.1. The third-order valence-electron chi connectivity index (χ3n) is 6.60. The maximum absolute atomic E-state index is 13.1. The molecule has 0 radical (unpaired) electrons. The number of benzene rings is 2. The van der Waals surface area contributed by atoms with Gasteiger partial charge in [-0.3, -0.25) is 14.6 Å². The van der Waals surface area contributed by atoms with Crippen molar-refractivity contribution in [1.29, 1.82) is 5.26 Å². The second kappa shape index (κ2) is 9.92. The number of ketones is 1. The van der Waals surface area contributed by atoms with Gasteiger partial charge in [0.25, 0.3) is 5.56 Å². The van der Waals surface area contributed by atoms with Gasteiger partial charge in [-0.15, -0.1) is 5.10 Å². The lowest BCUT2D eigenvalue weighted by molar-refractivity contribution is -0.124. The van der Waals surface area contributed by atoms with Crippen molar-refractivity contribution in [2.45, 2.75) is 58.3 Å². The summed E-state index contributed by atoms with van der Waals surface area (Å²) in [6.45, 7) is 6.02. The molecule has 0 fully saturated rings. The SMILES string of the molecule is CCCC(=O)C1(C)CCCc2c(Oc3c(Cl)cc(-n4nc(C#N)c(=O)[nH]c4=O)cc3Cl)ccc(C)c21. The van der Waals surface area contributed by atoms with E-state index < -0.39 is 22.4 Å². The molecule has 1 atom stereocenters. The Hall–Kier alpha value is -3.41. The monoisotopic (exact) mass is 526 g/mol. The second-order valence-electron chi connectivity index (χ2n) is 9.07. The second-order valence-corrected chi connectivity index (χ2v) is 9.88. The van der Waals surface area contributed by atoms with Gasteiger partial charge in [0.15, 0.2) is 5.75 Å². The van der Waals surface area contributed by atoms with Crippen LogP contribution in [0.4, 0.5) is 0 Å². The molecule has 10 heteroatoms. The van der Waals surface area contributed by atoms with Crippen LogP contribution in [0.25, 0.3) is 5.69 Å². The van der Waals surface area contributed by atoms with E-state index in [1.165, 1.54) is 12.1 Å². The summed E-state index contributed by atoms with van der Waals surface area (Å²) in [5, 5.41) is 13.1. The summed E-state index contributed by atoms with van der Waals surface area (Å²) in [5.74, 6) is 0.967. The van der Waals surface area contributed by atoms with Crippen molar-refractivity contribution in [2.75, 3.05) is 0 Å². The number of aromatic amines is 1. The fourth-order valence-electron chi connectivity index (χ4n) is 4.91. The lowest BCUT2D eigenvalue weighted by Crippen LogP contribution is -2.37. The number of nitrogens with zero attached hydrogens (tertiary/aromatic N) is 3. The summed E-state index contributed by atoms with van der Waals surface area (Å²) >= 11 is 13.0. The molecule has 4 rings (SSSR count). The molecule has 36 heavy (non-hydrogen) atoms. The summed E-state index contributed by atoms with van der Waals surface area (Å²) < 4.78 is 7.05. The van der Waals surface area contributed by atoms with Gasteiger partial charge in [0.1, 0.15) is 17.6 Å². The lowest BCUT2D eigenvalue weighted by Gasteiger charge is -2.37. The van der Waals surface area contributed by atoms with Crippen LogP contribution in [-0.4, -0.2) is 20.5 Å². The summed E-state index contributed by atoms with van der Waals surface area (Å²) in [5.41, 5.74) is 0.359. The molecule has 1 aliphatic carbocycles. The van der Waals surface area contributed by atoms with Crippen LogP contribution < -0.4 is 16.0 Å². The number of H-pyrrole nitrogens is 1. The summed E-state index contributed by atoms with van der Waals surface area (Å²) in [6, 6.07) is 8.23. The lowest BCUT2D eigenvalue weighted by atomic mass is 9.66. The van der Waals surface area contributed by atoms with Crippen LogP contribution in [-0.2, 0) is 16.6 Å². The smallest absolute Gasteiger partial charge is 0.349 e. The first-order valence-corrected chi connectivity index (χ1v) is 12.3. The number of Topliss-reactive ketones (excluding diaryl/α,β-unsaturated/α-hetero) is 1. The molecule has 2 aromatic carbocycles. The van der Waals surface area contributed by atoms with Gasteiger partial charge < -0.3 is 4.74 Å². The molecule has 186 valence electrons. The highest BCUT2D eigenvalue weighted by Crippen LogP contribution is 2.46. The Morgan fingerprint density at radius 2 is 1.97 bits per heavy atom. The summed E-state index contributed by atoms with van der Waals surface area (Å²) in [7, 11) is 0. The van der Waals surface area contributed by atoms with Gasteiger partial charge in [-0.1, -0.05) is 36.2 Å². The number of nitrogens with one attached hydrogen (secondary N) is 1. The van der Waals surface area contributed by atoms with Crippen molar-refractivity contribution in [2.24, 2.45) is 0 Å². The quantitative estimate of drug-likeness (QED) is 0.473. The van der Waals surface area contributed by atoms with Crippen molar-refractivity contribution < 1.29 is 9.53 Å². The van der Waals surface area contributed by atoms with Crippen LogP contribution >= 0.6 is 23.2 Å². The van der Waals surface area contributed by atoms with Gasteiger partial charge >= 0.3 is 5.69 Å². The average Bonchev–Trinajstić information content (AvgIpc) is 2.83. The molecule has 0 amide bonds. The molecule has 8 nitrogen and oxygen atoms in total. The fourth-order valence-corrected chi connectivity index (χ4v) is 5.46. The molecule has 0 saturated heterocycles. The van der Waals surface area contributed by atoms with E-state index in [0.717, 1.165) is 47.1 Å². The number of carbonyl (C=O) groups excluding carboxylic acids is 1. The Kier molecular flexibility index (Phi) is 7.07. The maximum atomic E-state index is 13.1. The molecule has 0 bridgehead atoms. The molecule has 1 heterocycles. The van der Waals surface area contributed by atoms with Crippen molar-refractivity contribution in [3.05, 3.63) is 77.5 Å². The van der Waals surface area contributed by atoms with Crippen molar-refractivity contribution in [3.63, 3.8) is 0 Å². The predicted octanol–water partition coefficient (Wildman–Crippen LogP) is 5.16. The highest BCUT2D eigenvalue weighted by molar-refractivity contribution is 6.37. The molecule has 0 spiro atoms. The van der Waals surface area contributed by atoms with Gasteiger partial charge in [-0.25, -0.2) is 4.79 Å². The van der Waals surface area contributed by atoms with Crippen LogP contribution in [0, 0.1) is 18.3 Å². The van der Waals surface area contributed by atoms with E-state index in [4.69, 9.17) is 33.2 Å². The molecule has 0 aliphatic heterocycles. The third-order valence-corrected chi connectivity index (χ3v) is 7.16. The minimum absolute atomic E-state index is 0.103. The van der Waals surface area contributed by atoms with Crippen LogP contribution in [0.1, 0.15) is 61.9 Å². The first-order valence-electron chi connectivity index (χ1n) is 11.6. The van der Waals surface area contributed by atoms with Crippen molar-refractivity contribution >= 4 is 29.0 Å². The van der Waals surface area contributed by atoms with E-state index in [1.807, 2.05) is 37.9 Å². The Morgan fingerprint density at radius 1 is 1.28 bits per heavy atom. The number of aryl methyl sites for hydroxylation is 1. The van der Waals surface area contributed by atoms with Gasteiger partial charge in [0.2, 0.25) is 5.69 Å². The topological polar surface area (TPSA) is 118 Å². The van der Waals surface area contributed by atoms with Crippen LogP contribution in [0.5, 0.6) is 11.5 Å². The Morgan fingerprint density at radius 3 is 2.61 bits per heavy atom. The third kappa shape index (κ3) is 4.45. The normalized spacial score (nSPS) is 16.8. The Labute approximate surface area is 217 Å². The highest BCUT2D eigenvalue weighted by atomic mass is 35.5. The number of rotatable bonds is 6. The molecule has 1 aromatic heterocycles. The number of hydrogen-bond donors (Lipinski definition) is 1. The largest absolute Gasteiger partial charge is 0.454 e. The number of halogens is 2. The predicted molar refractivity (Wildman–Crippen MR) is 137 cm³/mol. The highest BCUT2D eigenvalue weighted by Gasteiger charge is 2.40. The first-order chi connectivity index (χ1) is 17.1. The van der Waals surface area contributed by atoms with Crippen molar-refractivity contribution in [1.82, 2.24) is 14.8 Å². The number of fused-ring (bicyclic) bond motifs is 1. The van der Waals surface area contributed by atoms with Crippen LogP contribution in [0.3, 0.4) is 0 Å². The molecule has 1 N–H and O–H groups in total. The molecule has 1 unspecified atom stereocenters. The summed E-state index contributed by atoms with van der Waals surface area (Å²) in [6.07, 6.45) is 3.69. The Balaban J connectivity index is 1.78. The van der Waals surface area contributed by atoms with Gasteiger partial charge in [0.05, 0.1) is 21.1 Å². The van der Waals surface area contributed by atoms with Crippen molar-refractivity contribution in [3.8, 4) is 23.3 Å². The van der Waals surface area contributed by atoms with E-state index >= 15 is 0 Å². The number of nitriles is 1. The zero-order chi connectivity index (χ0) is 26.2. The molecule has 3 aromatic rings. The van der Waals surface area contributed by atoms with Gasteiger partial charge in [-0.2, -0.15) is 9.94 Å². The van der Waals surface area contributed by atoms with Gasteiger partial charge in [0, 0.05) is 6.42 Å². The van der Waals surface area contributed by atoms with Crippen LogP contribution in [0.15, 0.2) is 33.9 Å². The standard InChI is InChI=1S/C26H24Cl2N4O4/c1-4-6-21(33)26(3)10-5-7-16-20(9-8-14(2)22(16)26)36-23-17(27)11-15(12-18(23)28)32-25(35)30-24(34)19(13-29)31-32/h8-9,11-12H,4-7,10H2,1-3H3,(H,30,34,35). The number of ether oxygens (including phenoxy) is 1. The molecular weight excluding hydrogens is 503 g/mol. The zero-order valence-electron chi connectivity index (χ0n) is 20.1. The Bertz CT molecular complexity index is 1510. The first kappa shape index (κ1) is 25.7. The van der Waals surface area contributed by atoms with Gasteiger partial charge in [-0.05, 0) is 74.4 Å². The molecule has 0 saturated carbocycles. The van der Waals surface area contributed by atoms with E-state index in [-0.39, 0.29) is 27.3 Å².